The molecule has 0 bridgehead atoms. The molecule has 3 rings (SSSR count). The van der Waals surface area contributed by atoms with Crippen LogP contribution in [0.2, 0.25) is 0 Å². The third-order valence-corrected chi connectivity index (χ3v) is 4.00. The summed E-state index contributed by atoms with van der Waals surface area (Å²) >= 11 is 3.41. The number of hydrogen-bond acceptors (Lipinski definition) is 6. The number of aromatic nitrogens is 6. The normalized spacial score (nSPS) is 12.5. The van der Waals surface area contributed by atoms with E-state index in [1.165, 1.54) is 4.80 Å². The second-order valence-electron chi connectivity index (χ2n) is 5.27. The van der Waals surface area contributed by atoms with Crippen molar-refractivity contribution in [3.8, 4) is 11.4 Å². The summed E-state index contributed by atoms with van der Waals surface area (Å²) in [6, 6.07) is 7.50. The first-order valence-electron chi connectivity index (χ1n) is 7.55. The quantitative estimate of drug-likeness (QED) is 0.655. The Kier molecular flexibility index (Phi) is 4.80. The SMILES string of the molecule is CCCCc1noc(C(C)n2nnc(-c3ccc(Br)cc3)n2)n1. The average molecular weight is 377 g/mol. The van der Waals surface area contributed by atoms with E-state index < -0.39 is 0 Å². The van der Waals surface area contributed by atoms with Gasteiger partial charge in [0.15, 0.2) is 5.82 Å². The van der Waals surface area contributed by atoms with E-state index in [-0.39, 0.29) is 6.04 Å². The summed E-state index contributed by atoms with van der Waals surface area (Å²) in [6.45, 7) is 4.04. The maximum absolute atomic E-state index is 5.31. The van der Waals surface area contributed by atoms with Gasteiger partial charge in [-0.2, -0.15) is 9.78 Å². The lowest BCUT2D eigenvalue weighted by Gasteiger charge is -2.02. The Hall–Kier alpha value is -2.09. The van der Waals surface area contributed by atoms with Crippen molar-refractivity contribution in [2.45, 2.75) is 39.2 Å². The highest BCUT2D eigenvalue weighted by atomic mass is 79.9. The van der Waals surface area contributed by atoms with Crippen LogP contribution in [0.25, 0.3) is 11.4 Å². The molecule has 2 heterocycles. The molecule has 0 saturated carbocycles. The number of benzene rings is 1. The highest BCUT2D eigenvalue weighted by Crippen LogP contribution is 2.19. The van der Waals surface area contributed by atoms with Crippen molar-refractivity contribution >= 4 is 15.9 Å². The summed E-state index contributed by atoms with van der Waals surface area (Å²) in [4.78, 5) is 5.90. The molecule has 0 fully saturated rings. The van der Waals surface area contributed by atoms with Crippen LogP contribution in [0.15, 0.2) is 33.3 Å². The summed E-state index contributed by atoms with van der Waals surface area (Å²) in [5.74, 6) is 1.79. The molecular weight excluding hydrogens is 360 g/mol. The van der Waals surface area contributed by atoms with E-state index in [0.717, 1.165) is 35.1 Å². The van der Waals surface area contributed by atoms with Crippen molar-refractivity contribution < 1.29 is 4.52 Å². The van der Waals surface area contributed by atoms with Gasteiger partial charge in [-0.3, -0.25) is 0 Å². The smallest absolute Gasteiger partial charge is 0.253 e. The number of tetrazole rings is 1. The van der Waals surface area contributed by atoms with E-state index >= 15 is 0 Å². The van der Waals surface area contributed by atoms with Gasteiger partial charge in [0.05, 0.1) is 0 Å². The highest BCUT2D eigenvalue weighted by molar-refractivity contribution is 9.10. The van der Waals surface area contributed by atoms with E-state index in [4.69, 9.17) is 4.52 Å². The Morgan fingerprint density at radius 2 is 2.04 bits per heavy atom. The predicted octanol–water partition coefficient (Wildman–Crippen LogP) is 3.44. The first kappa shape index (κ1) is 15.8. The zero-order chi connectivity index (χ0) is 16.2. The molecule has 2 aromatic heterocycles. The molecule has 0 saturated heterocycles. The topological polar surface area (TPSA) is 82.5 Å². The molecular formula is C15H17BrN6O. The maximum atomic E-state index is 5.31. The van der Waals surface area contributed by atoms with Gasteiger partial charge < -0.3 is 4.52 Å². The summed E-state index contributed by atoms with van der Waals surface area (Å²) in [6.07, 6.45) is 2.96. The van der Waals surface area contributed by atoms with Crippen molar-refractivity contribution in [2.24, 2.45) is 0 Å². The first-order valence-corrected chi connectivity index (χ1v) is 8.34. The molecule has 0 radical (unpaired) electrons. The lowest BCUT2D eigenvalue weighted by molar-refractivity contribution is 0.318. The van der Waals surface area contributed by atoms with Gasteiger partial charge in [-0.25, -0.2) is 0 Å². The molecule has 7 nitrogen and oxygen atoms in total. The molecule has 3 aromatic rings. The van der Waals surface area contributed by atoms with Gasteiger partial charge >= 0.3 is 0 Å². The molecule has 1 aromatic carbocycles. The largest absolute Gasteiger partial charge is 0.337 e. The third kappa shape index (κ3) is 3.64. The van der Waals surface area contributed by atoms with Crippen LogP contribution in [0.5, 0.6) is 0 Å². The van der Waals surface area contributed by atoms with E-state index in [9.17, 15) is 0 Å². The van der Waals surface area contributed by atoms with E-state index in [2.05, 4.69) is 48.4 Å². The standard InChI is InChI=1S/C15H17BrN6O/c1-3-4-5-13-17-15(23-20-13)10(2)22-19-14(18-21-22)11-6-8-12(16)9-7-11/h6-10H,3-5H2,1-2H3. The second-order valence-corrected chi connectivity index (χ2v) is 6.18. The van der Waals surface area contributed by atoms with Crippen LogP contribution in [-0.4, -0.2) is 30.3 Å². The Bertz CT molecular complexity index is 766. The van der Waals surface area contributed by atoms with Gasteiger partial charge in [0.2, 0.25) is 5.82 Å². The third-order valence-electron chi connectivity index (χ3n) is 3.47. The summed E-state index contributed by atoms with van der Waals surface area (Å²) in [5.41, 5.74) is 0.904. The van der Waals surface area contributed by atoms with Crippen LogP contribution in [0.1, 0.15) is 44.4 Å². The molecule has 0 aliphatic carbocycles. The monoisotopic (exact) mass is 376 g/mol. The fourth-order valence-electron chi connectivity index (χ4n) is 2.08. The molecule has 120 valence electrons. The zero-order valence-electron chi connectivity index (χ0n) is 13.0. The number of rotatable bonds is 6. The average Bonchev–Trinajstić information content (AvgIpc) is 3.22. The minimum atomic E-state index is -0.255. The van der Waals surface area contributed by atoms with E-state index in [1.54, 1.807) is 0 Å². The number of nitrogens with zero attached hydrogens (tertiary/aromatic N) is 6. The summed E-state index contributed by atoms with van der Waals surface area (Å²) in [5, 5.41) is 16.6. The van der Waals surface area contributed by atoms with Crippen LogP contribution in [-0.2, 0) is 6.42 Å². The zero-order valence-corrected chi connectivity index (χ0v) is 14.6. The van der Waals surface area contributed by atoms with Gasteiger partial charge in [0, 0.05) is 16.5 Å². The molecule has 0 spiro atoms. The summed E-state index contributed by atoms with van der Waals surface area (Å²) < 4.78 is 6.32. The Balaban J connectivity index is 1.76. The number of hydrogen-bond donors (Lipinski definition) is 0. The Labute approximate surface area is 142 Å². The number of halogens is 1. The molecule has 0 aliphatic heterocycles. The van der Waals surface area contributed by atoms with Gasteiger partial charge in [-0.15, -0.1) is 10.2 Å². The fourth-order valence-corrected chi connectivity index (χ4v) is 2.34. The Morgan fingerprint density at radius 1 is 1.26 bits per heavy atom. The van der Waals surface area contributed by atoms with Crippen molar-refractivity contribution in [3.05, 3.63) is 40.5 Å². The van der Waals surface area contributed by atoms with Gasteiger partial charge in [0.1, 0.15) is 6.04 Å². The van der Waals surface area contributed by atoms with Gasteiger partial charge in [-0.1, -0.05) is 34.4 Å². The molecule has 1 unspecified atom stereocenters. The van der Waals surface area contributed by atoms with Crippen molar-refractivity contribution in [2.75, 3.05) is 0 Å². The van der Waals surface area contributed by atoms with Crippen molar-refractivity contribution in [3.63, 3.8) is 0 Å². The van der Waals surface area contributed by atoms with Gasteiger partial charge in [0.25, 0.3) is 5.89 Å². The Morgan fingerprint density at radius 3 is 2.78 bits per heavy atom. The number of unbranched alkanes of at least 4 members (excludes halogenated alkanes) is 1. The minimum absolute atomic E-state index is 0.255. The highest BCUT2D eigenvalue weighted by Gasteiger charge is 2.19. The maximum Gasteiger partial charge on any atom is 0.253 e. The van der Waals surface area contributed by atoms with Crippen LogP contribution in [0.4, 0.5) is 0 Å². The van der Waals surface area contributed by atoms with Crippen LogP contribution >= 0.6 is 15.9 Å². The van der Waals surface area contributed by atoms with E-state index in [0.29, 0.717) is 11.7 Å². The minimum Gasteiger partial charge on any atom is -0.337 e. The molecule has 8 heteroatoms. The van der Waals surface area contributed by atoms with Gasteiger partial charge in [-0.05, 0) is 42.8 Å². The van der Waals surface area contributed by atoms with Crippen LogP contribution < -0.4 is 0 Å². The van der Waals surface area contributed by atoms with Crippen LogP contribution in [0, 0.1) is 0 Å². The summed E-state index contributed by atoms with van der Waals surface area (Å²) in [7, 11) is 0. The fraction of sp³-hybridized carbons (Fsp3) is 0.400. The van der Waals surface area contributed by atoms with Crippen molar-refractivity contribution in [1.29, 1.82) is 0 Å². The molecule has 0 N–H and O–H groups in total. The predicted molar refractivity (Wildman–Crippen MR) is 87.7 cm³/mol. The lowest BCUT2D eigenvalue weighted by atomic mass is 10.2. The molecule has 0 aliphatic rings. The van der Waals surface area contributed by atoms with E-state index in [1.807, 2.05) is 31.2 Å². The second kappa shape index (κ2) is 6.99. The van der Waals surface area contributed by atoms with Crippen LogP contribution in [0.3, 0.4) is 0 Å². The lowest BCUT2D eigenvalue weighted by Crippen LogP contribution is -2.11. The van der Waals surface area contributed by atoms with Crippen molar-refractivity contribution in [1.82, 2.24) is 30.3 Å². The molecule has 23 heavy (non-hydrogen) atoms. The first-order chi connectivity index (χ1) is 11.2. The number of aryl methyl sites for hydroxylation is 1. The molecule has 1 atom stereocenters. The molecule has 0 amide bonds.